The van der Waals surface area contributed by atoms with Crippen LogP contribution < -0.4 is 0 Å². The van der Waals surface area contributed by atoms with Crippen molar-refractivity contribution in [2.45, 2.75) is 51.2 Å². The molecule has 0 bridgehead atoms. The molecule has 1 aliphatic rings. The van der Waals surface area contributed by atoms with E-state index in [0.717, 1.165) is 30.6 Å². The molecule has 3 rings (SSSR count). The highest BCUT2D eigenvalue weighted by molar-refractivity contribution is 7.99. The summed E-state index contributed by atoms with van der Waals surface area (Å²) in [7, 11) is 0. The Labute approximate surface area is 146 Å². The van der Waals surface area contributed by atoms with Crippen LogP contribution in [0, 0.1) is 13.8 Å². The first-order valence-electron chi connectivity index (χ1n) is 8.35. The quantitative estimate of drug-likeness (QED) is 0.797. The van der Waals surface area contributed by atoms with E-state index >= 15 is 0 Å². The van der Waals surface area contributed by atoms with Crippen molar-refractivity contribution in [2.24, 2.45) is 0 Å². The SMILES string of the molecule is Cc1cccc(-n2nnnc2SCC(=O)N2CCCC[C@H]2C)c1C. The Morgan fingerprint density at radius 1 is 1.33 bits per heavy atom. The van der Waals surface area contributed by atoms with Crippen LogP contribution in [0.4, 0.5) is 0 Å². The molecule has 128 valence electrons. The third-order valence-electron chi connectivity index (χ3n) is 4.69. The normalized spacial score (nSPS) is 18.0. The summed E-state index contributed by atoms with van der Waals surface area (Å²) in [5.41, 5.74) is 3.29. The lowest BCUT2D eigenvalue weighted by Gasteiger charge is -2.33. The molecule has 1 aromatic heterocycles. The molecule has 0 N–H and O–H groups in total. The third-order valence-corrected chi connectivity index (χ3v) is 5.60. The molecule has 1 aliphatic heterocycles. The van der Waals surface area contributed by atoms with Gasteiger partial charge in [0.1, 0.15) is 0 Å². The van der Waals surface area contributed by atoms with E-state index in [9.17, 15) is 4.79 Å². The predicted molar refractivity (Wildman–Crippen MR) is 94.4 cm³/mol. The number of nitrogens with zero attached hydrogens (tertiary/aromatic N) is 5. The minimum Gasteiger partial charge on any atom is -0.339 e. The highest BCUT2D eigenvalue weighted by Gasteiger charge is 2.24. The van der Waals surface area contributed by atoms with E-state index in [1.807, 2.05) is 17.0 Å². The van der Waals surface area contributed by atoms with Gasteiger partial charge in [-0.25, -0.2) is 0 Å². The van der Waals surface area contributed by atoms with Gasteiger partial charge in [-0.1, -0.05) is 23.9 Å². The maximum atomic E-state index is 12.5. The number of benzene rings is 1. The molecule has 0 radical (unpaired) electrons. The number of hydrogen-bond donors (Lipinski definition) is 0. The van der Waals surface area contributed by atoms with Gasteiger partial charge in [0.25, 0.3) is 0 Å². The van der Waals surface area contributed by atoms with Crippen molar-refractivity contribution in [1.29, 1.82) is 0 Å². The van der Waals surface area contributed by atoms with E-state index in [-0.39, 0.29) is 5.91 Å². The Morgan fingerprint density at radius 3 is 2.96 bits per heavy atom. The molecule has 0 unspecified atom stereocenters. The van der Waals surface area contributed by atoms with Crippen molar-refractivity contribution in [2.75, 3.05) is 12.3 Å². The zero-order valence-corrected chi connectivity index (χ0v) is 15.2. The second-order valence-corrected chi connectivity index (χ2v) is 7.26. The monoisotopic (exact) mass is 345 g/mol. The second kappa shape index (κ2) is 7.34. The predicted octanol–water partition coefficient (Wildman–Crippen LogP) is 2.77. The summed E-state index contributed by atoms with van der Waals surface area (Å²) in [6.45, 7) is 7.11. The summed E-state index contributed by atoms with van der Waals surface area (Å²) in [5, 5.41) is 12.6. The average Bonchev–Trinajstić information content (AvgIpc) is 3.04. The van der Waals surface area contributed by atoms with Gasteiger partial charge in [0.2, 0.25) is 11.1 Å². The molecule has 0 aliphatic carbocycles. The lowest BCUT2D eigenvalue weighted by Crippen LogP contribution is -2.43. The number of carbonyl (C=O) groups excluding carboxylic acids is 1. The van der Waals surface area contributed by atoms with Crippen molar-refractivity contribution in [3.8, 4) is 5.69 Å². The Kier molecular flexibility index (Phi) is 5.18. The molecule has 0 spiro atoms. The lowest BCUT2D eigenvalue weighted by molar-refractivity contribution is -0.131. The van der Waals surface area contributed by atoms with Crippen molar-refractivity contribution in [3.63, 3.8) is 0 Å². The number of hydrogen-bond acceptors (Lipinski definition) is 5. The van der Waals surface area contributed by atoms with E-state index in [2.05, 4.69) is 42.4 Å². The molecule has 1 amide bonds. The van der Waals surface area contributed by atoms with Gasteiger partial charge in [-0.05, 0) is 67.7 Å². The summed E-state index contributed by atoms with van der Waals surface area (Å²) < 4.78 is 1.72. The number of likely N-dealkylation sites (tertiary alicyclic amines) is 1. The fourth-order valence-corrected chi connectivity index (χ4v) is 3.83. The van der Waals surface area contributed by atoms with Crippen LogP contribution in [0.25, 0.3) is 5.69 Å². The number of amides is 1. The van der Waals surface area contributed by atoms with Crippen LogP contribution in [0.15, 0.2) is 23.4 Å². The summed E-state index contributed by atoms with van der Waals surface area (Å²) in [5.74, 6) is 0.540. The van der Waals surface area contributed by atoms with Crippen molar-refractivity contribution < 1.29 is 4.79 Å². The molecule has 7 heteroatoms. The molecule has 1 atom stereocenters. The molecule has 1 aromatic carbocycles. The van der Waals surface area contributed by atoms with E-state index in [1.165, 1.54) is 23.7 Å². The smallest absolute Gasteiger partial charge is 0.233 e. The van der Waals surface area contributed by atoms with Crippen LogP contribution in [0.2, 0.25) is 0 Å². The number of rotatable bonds is 4. The zero-order valence-electron chi connectivity index (χ0n) is 14.4. The molecule has 0 saturated carbocycles. The second-order valence-electron chi connectivity index (χ2n) is 6.31. The highest BCUT2D eigenvalue weighted by atomic mass is 32.2. The zero-order chi connectivity index (χ0) is 17.1. The maximum absolute atomic E-state index is 12.5. The number of thioether (sulfide) groups is 1. The fraction of sp³-hybridized carbons (Fsp3) is 0.529. The number of carbonyl (C=O) groups is 1. The van der Waals surface area contributed by atoms with Gasteiger partial charge in [-0.15, -0.1) is 5.10 Å². The fourth-order valence-electron chi connectivity index (χ4n) is 3.06. The van der Waals surface area contributed by atoms with Gasteiger partial charge in [-0.2, -0.15) is 4.68 Å². The standard InChI is InChI=1S/C17H23N5OS/c1-12-7-6-9-15(14(12)3)22-17(18-19-20-22)24-11-16(23)21-10-5-4-8-13(21)2/h6-7,9,13H,4-5,8,10-11H2,1-3H3/t13-/m1/s1. The van der Waals surface area contributed by atoms with Crippen molar-refractivity contribution in [3.05, 3.63) is 29.3 Å². The number of piperidine rings is 1. The van der Waals surface area contributed by atoms with Crippen LogP contribution in [0.3, 0.4) is 0 Å². The first-order chi connectivity index (χ1) is 11.6. The van der Waals surface area contributed by atoms with Crippen LogP contribution in [0.1, 0.15) is 37.3 Å². The van der Waals surface area contributed by atoms with Gasteiger partial charge in [0, 0.05) is 12.6 Å². The third kappa shape index (κ3) is 3.45. The van der Waals surface area contributed by atoms with E-state index in [1.54, 1.807) is 4.68 Å². The lowest BCUT2D eigenvalue weighted by atomic mass is 10.0. The maximum Gasteiger partial charge on any atom is 0.233 e. The van der Waals surface area contributed by atoms with Crippen molar-refractivity contribution in [1.82, 2.24) is 25.1 Å². The van der Waals surface area contributed by atoms with Gasteiger partial charge in [0.15, 0.2) is 0 Å². The molecule has 2 heterocycles. The molecule has 24 heavy (non-hydrogen) atoms. The first-order valence-corrected chi connectivity index (χ1v) is 9.33. The molecule has 1 fully saturated rings. The minimum absolute atomic E-state index is 0.169. The van der Waals surface area contributed by atoms with Crippen LogP contribution in [-0.2, 0) is 4.79 Å². The molecule has 2 aromatic rings. The highest BCUT2D eigenvalue weighted by Crippen LogP contribution is 2.24. The topological polar surface area (TPSA) is 63.9 Å². The Balaban J connectivity index is 1.72. The average molecular weight is 345 g/mol. The molecule has 6 nitrogen and oxygen atoms in total. The molecular weight excluding hydrogens is 322 g/mol. The van der Waals surface area contributed by atoms with Gasteiger partial charge < -0.3 is 4.90 Å². The van der Waals surface area contributed by atoms with Crippen LogP contribution >= 0.6 is 11.8 Å². The van der Waals surface area contributed by atoms with E-state index in [4.69, 9.17) is 0 Å². The molecular formula is C17H23N5OS. The minimum atomic E-state index is 0.169. The van der Waals surface area contributed by atoms with Gasteiger partial charge in [-0.3, -0.25) is 4.79 Å². The number of aryl methyl sites for hydroxylation is 1. The summed E-state index contributed by atoms with van der Waals surface area (Å²) in [6.07, 6.45) is 3.40. The van der Waals surface area contributed by atoms with E-state index in [0.29, 0.717) is 17.0 Å². The summed E-state index contributed by atoms with van der Waals surface area (Å²) >= 11 is 1.40. The first kappa shape index (κ1) is 17.0. The van der Waals surface area contributed by atoms with Crippen LogP contribution in [0.5, 0.6) is 0 Å². The van der Waals surface area contributed by atoms with E-state index < -0.39 is 0 Å². The van der Waals surface area contributed by atoms with Gasteiger partial charge in [0.05, 0.1) is 11.4 Å². The Bertz CT molecular complexity index is 730. The largest absolute Gasteiger partial charge is 0.339 e. The number of aromatic nitrogens is 4. The summed E-state index contributed by atoms with van der Waals surface area (Å²) in [4.78, 5) is 14.5. The Hall–Kier alpha value is -1.89. The van der Waals surface area contributed by atoms with Crippen LogP contribution in [-0.4, -0.2) is 49.4 Å². The Morgan fingerprint density at radius 2 is 2.17 bits per heavy atom. The van der Waals surface area contributed by atoms with Crippen molar-refractivity contribution >= 4 is 17.7 Å². The number of tetrazole rings is 1. The van der Waals surface area contributed by atoms with Gasteiger partial charge >= 0.3 is 0 Å². The molecule has 1 saturated heterocycles. The summed E-state index contributed by atoms with van der Waals surface area (Å²) in [6, 6.07) is 6.39.